The highest BCUT2D eigenvalue weighted by Crippen LogP contribution is 2.40. The van der Waals surface area contributed by atoms with Gasteiger partial charge in [-0.1, -0.05) is 18.2 Å². The Hall–Kier alpha value is -2.28. The minimum Gasteiger partial charge on any atom is -0.450 e. The van der Waals surface area contributed by atoms with E-state index in [1.165, 1.54) is 5.56 Å². The van der Waals surface area contributed by atoms with E-state index in [-0.39, 0.29) is 19.1 Å². The lowest BCUT2D eigenvalue weighted by molar-refractivity contribution is 0.0523. The second-order valence-corrected chi connectivity index (χ2v) is 7.66. The quantitative estimate of drug-likeness (QED) is 0.835. The molecule has 7 heteroatoms. The molecule has 0 radical (unpaired) electrons. The maximum Gasteiger partial charge on any atom is 0.409 e. The normalized spacial score (nSPS) is 22.7. The Labute approximate surface area is 161 Å². The molecule has 3 aliphatic rings. The molecule has 7 nitrogen and oxygen atoms in total. The summed E-state index contributed by atoms with van der Waals surface area (Å²) in [5.74, 6) is 0. The summed E-state index contributed by atoms with van der Waals surface area (Å²) in [6, 6.07) is 8.50. The van der Waals surface area contributed by atoms with E-state index in [0.29, 0.717) is 12.6 Å². The average Bonchev–Trinajstić information content (AvgIpc) is 2.69. The zero-order valence-electron chi connectivity index (χ0n) is 15.9. The molecule has 3 aliphatic heterocycles. The summed E-state index contributed by atoms with van der Waals surface area (Å²) < 4.78 is 5.11. The summed E-state index contributed by atoms with van der Waals surface area (Å²) in [6.45, 7) is 5.70. The zero-order chi connectivity index (χ0) is 18.9. The van der Waals surface area contributed by atoms with Crippen molar-refractivity contribution in [1.29, 1.82) is 0 Å². The fourth-order valence-electron chi connectivity index (χ4n) is 4.74. The highest BCUT2D eigenvalue weighted by Gasteiger charge is 2.43. The molecule has 3 amide bonds. The Morgan fingerprint density at radius 1 is 1.22 bits per heavy atom. The Morgan fingerprint density at radius 2 is 1.93 bits per heavy atom. The van der Waals surface area contributed by atoms with Crippen LogP contribution in [0.2, 0.25) is 0 Å². The molecule has 148 valence electrons. The minimum absolute atomic E-state index is 0. The summed E-state index contributed by atoms with van der Waals surface area (Å²) >= 11 is 0. The van der Waals surface area contributed by atoms with Crippen LogP contribution in [-0.2, 0) is 10.3 Å². The minimum atomic E-state index is -0.263. The van der Waals surface area contributed by atoms with Gasteiger partial charge in [0.15, 0.2) is 0 Å². The maximum absolute atomic E-state index is 12.2. The Kier molecular flexibility index (Phi) is 4.95. The first-order valence-corrected chi connectivity index (χ1v) is 9.96. The second-order valence-electron chi connectivity index (χ2n) is 7.66. The van der Waals surface area contributed by atoms with E-state index in [4.69, 9.17) is 4.74 Å². The molecule has 2 N–H and O–H groups in total. The number of hydrogen-bond acceptors (Lipinski definition) is 4. The topological polar surface area (TPSA) is 73.9 Å². The van der Waals surface area contributed by atoms with Gasteiger partial charge >= 0.3 is 12.1 Å². The van der Waals surface area contributed by atoms with Crippen LogP contribution in [0.25, 0.3) is 0 Å². The first-order chi connectivity index (χ1) is 13.1. The molecule has 27 heavy (non-hydrogen) atoms. The van der Waals surface area contributed by atoms with E-state index < -0.39 is 0 Å². The summed E-state index contributed by atoms with van der Waals surface area (Å²) in [4.78, 5) is 28.4. The van der Waals surface area contributed by atoms with Gasteiger partial charge in [-0.15, -0.1) is 0 Å². The van der Waals surface area contributed by atoms with Crippen molar-refractivity contribution in [2.24, 2.45) is 0 Å². The number of anilines is 1. The SMILES string of the molecule is CCOC(=O)N1CCC(N2CCC3(CC2)NC(=O)Nc2ccccc23)CC1.[HH]. The van der Waals surface area contributed by atoms with Gasteiger partial charge in [-0.25, -0.2) is 9.59 Å². The molecular formula is C20H30N4O3. The van der Waals surface area contributed by atoms with Gasteiger partial charge in [0.1, 0.15) is 0 Å². The van der Waals surface area contributed by atoms with E-state index in [1.54, 1.807) is 0 Å². The molecule has 1 aromatic carbocycles. The number of hydrogen-bond donors (Lipinski definition) is 2. The molecule has 1 aromatic rings. The lowest BCUT2D eigenvalue weighted by Crippen LogP contribution is -2.58. The fraction of sp³-hybridized carbons (Fsp3) is 0.600. The number of urea groups is 1. The van der Waals surface area contributed by atoms with Crippen LogP contribution in [0, 0.1) is 0 Å². The van der Waals surface area contributed by atoms with Crippen LogP contribution in [0.4, 0.5) is 15.3 Å². The number of carbonyl (C=O) groups excluding carboxylic acids is 2. The van der Waals surface area contributed by atoms with E-state index in [9.17, 15) is 9.59 Å². The Bertz CT molecular complexity index is 713. The van der Waals surface area contributed by atoms with Gasteiger partial charge in [0.25, 0.3) is 0 Å². The molecule has 1 spiro atoms. The van der Waals surface area contributed by atoms with Crippen molar-refractivity contribution in [2.75, 3.05) is 38.1 Å². The van der Waals surface area contributed by atoms with Crippen molar-refractivity contribution >= 4 is 17.8 Å². The predicted molar refractivity (Wildman–Crippen MR) is 105 cm³/mol. The van der Waals surface area contributed by atoms with Crippen molar-refractivity contribution in [2.45, 2.75) is 44.2 Å². The number of likely N-dealkylation sites (tertiary alicyclic amines) is 2. The standard InChI is InChI=1S/C20H28N4O3.H2/c1-2-27-19(26)24-11-7-15(8-12-24)23-13-9-20(10-14-23)16-5-3-4-6-17(16)21-18(25)22-20;/h3-6,15H,2,7-14H2,1H3,(H2,21,22,25);1H. The zero-order valence-corrected chi connectivity index (χ0v) is 15.9. The van der Waals surface area contributed by atoms with Gasteiger partial charge in [0.2, 0.25) is 0 Å². The number of benzene rings is 1. The van der Waals surface area contributed by atoms with Crippen LogP contribution in [0.5, 0.6) is 0 Å². The van der Waals surface area contributed by atoms with Crippen LogP contribution in [0.1, 0.15) is 39.6 Å². The van der Waals surface area contributed by atoms with E-state index in [2.05, 4.69) is 21.6 Å². The van der Waals surface area contributed by atoms with Gasteiger partial charge in [-0.05, 0) is 38.7 Å². The maximum atomic E-state index is 12.2. The molecule has 0 aromatic heterocycles. The van der Waals surface area contributed by atoms with E-state index in [0.717, 1.165) is 57.5 Å². The number of para-hydroxylation sites is 1. The van der Waals surface area contributed by atoms with Gasteiger partial charge in [-0.2, -0.15) is 0 Å². The summed E-state index contributed by atoms with van der Waals surface area (Å²) in [5.41, 5.74) is 1.86. The van der Waals surface area contributed by atoms with Crippen molar-refractivity contribution in [1.82, 2.24) is 15.1 Å². The van der Waals surface area contributed by atoms with Crippen molar-refractivity contribution in [3.05, 3.63) is 29.8 Å². The molecule has 0 unspecified atom stereocenters. The van der Waals surface area contributed by atoms with Crippen LogP contribution in [0.15, 0.2) is 24.3 Å². The highest BCUT2D eigenvalue weighted by molar-refractivity contribution is 5.93. The van der Waals surface area contributed by atoms with Gasteiger partial charge < -0.3 is 25.2 Å². The van der Waals surface area contributed by atoms with E-state index in [1.807, 2.05) is 30.0 Å². The predicted octanol–water partition coefficient (Wildman–Crippen LogP) is 2.98. The Balaban J connectivity index is 0.00000225. The van der Waals surface area contributed by atoms with Crippen LogP contribution >= 0.6 is 0 Å². The summed E-state index contributed by atoms with van der Waals surface area (Å²) in [6.07, 6.45) is 3.60. The molecule has 4 rings (SSSR count). The number of rotatable bonds is 2. The Morgan fingerprint density at radius 3 is 2.63 bits per heavy atom. The number of ether oxygens (including phenoxy) is 1. The highest BCUT2D eigenvalue weighted by atomic mass is 16.6. The van der Waals surface area contributed by atoms with Crippen molar-refractivity contribution in [3.63, 3.8) is 0 Å². The molecule has 0 saturated carbocycles. The molecule has 2 fully saturated rings. The first-order valence-electron chi connectivity index (χ1n) is 9.96. The third-order valence-electron chi connectivity index (χ3n) is 6.20. The number of nitrogens with zero attached hydrogens (tertiary/aromatic N) is 2. The van der Waals surface area contributed by atoms with Crippen LogP contribution < -0.4 is 10.6 Å². The number of carbonyl (C=O) groups is 2. The lowest BCUT2D eigenvalue weighted by Gasteiger charge is -2.48. The molecular weight excluding hydrogens is 344 g/mol. The fourth-order valence-corrected chi connectivity index (χ4v) is 4.74. The number of piperidine rings is 2. The third kappa shape index (κ3) is 3.48. The smallest absolute Gasteiger partial charge is 0.409 e. The van der Waals surface area contributed by atoms with Crippen molar-refractivity contribution < 1.29 is 15.8 Å². The molecule has 3 heterocycles. The van der Waals surface area contributed by atoms with Gasteiger partial charge in [0.05, 0.1) is 12.1 Å². The molecule has 0 bridgehead atoms. The molecule has 0 atom stereocenters. The first kappa shape index (κ1) is 18.1. The van der Waals surface area contributed by atoms with Crippen LogP contribution in [0.3, 0.4) is 0 Å². The van der Waals surface area contributed by atoms with Crippen molar-refractivity contribution in [3.8, 4) is 0 Å². The summed E-state index contributed by atoms with van der Waals surface area (Å²) in [5, 5.41) is 6.12. The number of nitrogens with one attached hydrogen (secondary N) is 2. The number of amides is 3. The molecule has 2 saturated heterocycles. The lowest BCUT2D eigenvalue weighted by atomic mass is 9.78. The summed E-state index contributed by atoms with van der Waals surface area (Å²) in [7, 11) is 0. The van der Waals surface area contributed by atoms with Gasteiger partial charge in [0, 0.05) is 44.9 Å². The molecule has 0 aliphatic carbocycles. The largest absolute Gasteiger partial charge is 0.450 e. The number of fused-ring (bicyclic) bond motifs is 2. The average molecular weight is 374 g/mol. The van der Waals surface area contributed by atoms with Gasteiger partial charge in [-0.3, -0.25) is 0 Å². The second kappa shape index (κ2) is 7.38. The monoisotopic (exact) mass is 374 g/mol. The van der Waals surface area contributed by atoms with E-state index >= 15 is 0 Å². The van der Waals surface area contributed by atoms with Crippen LogP contribution in [-0.4, -0.2) is 60.8 Å². The third-order valence-corrected chi connectivity index (χ3v) is 6.20.